The second kappa shape index (κ2) is 9.97. The smallest absolute Gasteiger partial charge is 0.339 e. The number of esters is 1. The average Bonchev–Trinajstić information content (AvgIpc) is 3.39. The highest BCUT2D eigenvalue weighted by molar-refractivity contribution is 6.07. The molecule has 1 saturated heterocycles. The number of allylic oxidation sites excluding steroid dienone is 1. The van der Waals surface area contributed by atoms with Crippen molar-refractivity contribution in [2.45, 2.75) is 26.7 Å². The van der Waals surface area contributed by atoms with Gasteiger partial charge in [-0.1, -0.05) is 25.1 Å². The molecule has 2 amide bonds. The lowest BCUT2D eigenvalue weighted by atomic mass is 9.81. The van der Waals surface area contributed by atoms with Gasteiger partial charge in [0.15, 0.2) is 6.61 Å². The minimum Gasteiger partial charge on any atom is -0.465 e. The molecule has 1 fully saturated rings. The van der Waals surface area contributed by atoms with Gasteiger partial charge in [-0.15, -0.1) is 0 Å². The van der Waals surface area contributed by atoms with E-state index in [0.29, 0.717) is 49.6 Å². The van der Waals surface area contributed by atoms with Gasteiger partial charge in [0.05, 0.1) is 23.0 Å². The van der Waals surface area contributed by atoms with Crippen molar-refractivity contribution in [3.8, 4) is 0 Å². The zero-order chi connectivity index (χ0) is 25.2. The summed E-state index contributed by atoms with van der Waals surface area (Å²) in [7, 11) is 0. The molecule has 0 saturated carbocycles. The zero-order valence-corrected chi connectivity index (χ0v) is 20.5. The lowest BCUT2D eigenvalue weighted by molar-refractivity contribution is -0.140. The summed E-state index contributed by atoms with van der Waals surface area (Å²) in [6.07, 6.45) is 5.12. The Hall–Kier alpha value is -3.94. The van der Waals surface area contributed by atoms with Crippen LogP contribution in [0, 0.1) is 5.92 Å². The van der Waals surface area contributed by atoms with Crippen LogP contribution in [-0.4, -0.2) is 65.4 Å². The molecular formula is C28H29N3O5. The highest BCUT2D eigenvalue weighted by Crippen LogP contribution is 2.38. The van der Waals surface area contributed by atoms with Crippen molar-refractivity contribution < 1.29 is 23.5 Å². The second-order valence-corrected chi connectivity index (χ2v) is 9.49. The van der Waals surface area contributed by atoms with E-state index in [1.165, 1.54) is 6.92 Å². The maximum atomic E-state index is 13.5. The third-order valence-corrected chi connectivity index (χ3v) is 6.89. The maximum Gasteiger partial charge on any atom is 0.339 e. The first-order valence-corrected chi connectivity index (χ1v) is 12.3. The quantitative estimate of drug-likeness (QED) is 0.520. The number of para-hydroxylation sites is 1. The van der Waals surface area contributed by atoms with Crippen molar-refractivity contribution >= 4 is 40.3 Å². The average molecular weight is 488 g/mol. The molecule has 1 aliphatic heterocycles. The number of amides is 2. The number of carbonyl (C=O) groups is 3. The SMILES string of the molecule is CC(=O)N1CCN(C(=O)COC(=O)c2c3c(nc4ccccc24)/C(=C/c2ccco2)CC(C)C3)CC1. The fourth-order valence-electron chi connectivity index (χ4n) is 5.08. The number of furan rings is 1. The summed E-state index contributed by atoms with van der Waals surface area (Å²) in [5.41, 5.74) is 3.81. The molecule has 1 aliphatic carbocycles. The van der Waals surface area contributed by atoms with Crippen LogP contribution in [0.15, 0.2) is 47.1 Å². The Balaban J connectivity index is 1.43. The van der Waals surface area contributed by atoms with Gasteiger partial charge in [-0.25, -0.2) is 9.78 Å². The van der Waals surface area contributed by atoms with Crippen LogP contribution in [0.25, 0.3) is 22.6 Å². The third-order valence-electron chi connectivity index (χ3n) is 6.89. The standard InChI is InChI=1S/C28H29N3O5/c1-18-14-20(16-21-6-5-13-35-21)27-23(15-18)26(22-7-3-4-8-24(22)29-27)28(34)36-17-25(33)31-11-9-30(10-12-31)19(2)32/h3-8,13,16,18H,9-12,14-15,17H2,1-2H3/b20-16+. The Kier molecular flexibility index (Phi) is 6.59. The molecule has 36 heavy (non-hydrogen) atoms. The second-order valence-electron chi connectivity index (χ2n) is 9.49. The molecule has 0 N–H and O–H groups in total. The molecule has 8 nitrogen and oxygen atoms in total. The predicted octanol–water partition coefficient (Wildman–Crippen LogP) is 3.80. The number of aromatic nitrogens is 1. The third kappa shape index (κ3) is 4.76. The highest BCUT2D eigenvalue weighted by Gasteiger charge is 2.30. The van der Waals surface area contributed by atoms with Gasteiger partial charge in [-0.05, 0) is 54.2 Å². The molecule has 8 heteroatoms. The zero-order valence-electron chi connectivity index (χ0n) is 20.5. The largest absolute Gasteiger partial charge is 0.465 e. The number of rotatable bonds is 4. The van der Waals surface area contributed by atoms with Crippen LogP contribution < -0.4 is 0 Å². The first-order chi connectivity index (χ1) is 17.4. The lowest BCUT2D eigenvalue weighted by Crippen LogP contribution is -2.51. The van der Waals surface area contributed by atoms with Gasteiger partial charge in [-0.2, -0.15) is 0 Å². The monoisotopic (exact) mass is 487 g/mol. The summed E-state index contributed by atoms with van der Waals surface area (Å²) in [6, 6.07) is 11.3. The van der Waals surface area contributed by atoms with E-state index in [4.69, 9.17) is 14.1 Å². The Bertz CT molecular complexity index is 1340. The number of hydrogen-bond acceptors (Lipinski definition) is 6. The number of hydrogen-bond donors (Lipinski definition) is 0. The van der Waals surface area contributed by atoms with Crippen LogP contribution >= 0.6 is 0 Å². The van der Waals surface area contributed by atoms with Crippen LogP contribution in [0.5, 0.6) is 0 Å². The number of benzene rings is 1. The van der Waals surface area contributed by atoms with Gasteiger partial charge in [0.25, 0.3) is 5.91 Å². The van der Waals surface area contributed by atoms with Gasteiger partial charge in [-0.3, -0.25) is 9.59 Å². The summed E-state index contributed by atoms with van der Waals surface area (Å²) >= 11 is 0. The fourth-order valence-corrected chi connectivity index (χ4v) is 5.08. The van der Waals surface area contributed by atoms with E-state index in [9.17, 15) is 14.4 Å². The van der Waals surface area contributed by atoms with Crippen molar-refractivity contribution in [1.82, 2.24) is 14.8 Å². The molecule has 2 aliphatic rings. The Morgan fingerprint density at radius 2 is 1.81 bits per heavy atom. The topological polar surface area (TPSA) is 93.0 Å². The molecule has 2 aromatic heterocycles. The van der Waals surface area contributed by atoms with Gasteiger partial charge in [0.2, 0.25) is 5.91 Å². The number of pyridine rings is 1. The van der Waals surface area contributed by atoms with Crippen molar-refractivity contribution in [1.29, 1.82) is 0 Å². The first kappa shape index (κ1) is 23.8. The van der Waals surface area contributed by atoms with E-state index in [-0.39, 0.29) is 18.4 Å². The Labute approximate surface area is 209 Å². The van der Waals surface area contributed by atoms with Gasteiger partial charge in [0, 0.05) is 38.5 Å². The number of piperazine rings is 1. The van der Waals surface area contributed by atoms with Gasteiger partial charge in [0.1, 0.15) is 5.76 Å². The number of carbonyl (C=O) groups excluding carboxylic acids is 3. The highest BCUT2D eigenvalue weighted by atomic mass is 16.5. The van der Waals surface area contributed by atoms with Crippen molar-refractivity contribution in [3.63, 3.8) is 0 Å². The predicted molar refractivity (Wildman–Crippen MR) is 135 cm³/mol. The summed E-state index contributed by atoms with van der Waals surface area (Å²) in [5, 5.41) is 0.718. The van der Waals surface area contributed by atoms with Crippen LogP contribution in [0.1, 0.15) is 47.6 Å². The number of nitrogens with zero attached hydrogens (tertiary/aromatic N) is 3. The molecule has 186 valence electrons. The fraction of sp³-hybridized carbons (Fsp3) is 0.357. The van der Waals surface area contributed by atoms with E-state index in [2.05, 4.69) is 6.92 Å². The molecule has 1 unspecified atom stereocenters. The Morgan fingerprint density at radius 3 is 2.53 bits per heavy atom. The summed E-state index contributed by atoms with van der Waals surface area (Å²) in [6.45, 7) is 5.17. The normalized spacial score (nSPS) is 18.8. The molecule has 0 spiro atoms. The maximum absolute atomic E-state index is 13.5. The molecule has 0 radical (unpaired) electrons. The summed E-state index contributed by atoms with van der Waals surface area (Å²) in [5.74, 6) is 0.252. The van der Waals surface area contributed by atoms with Crippen molar-refractivity contribution in [2.75, 3.05) is 32.8 Å². The van der Waals surface area contributed by atoms with Crippen LogP contribution in [0.3, 0.4) is 0 Å². The van der Waals surface area contributed by atoms with Crippen molar-refractivity contribution in [2.24, 2.45) is 5.92 Å². The van der Waals surface area contributed by atoms with E-state index >= 15 is 0 Å². The number of ether oxygens (including phenoxy) is 1. The Morgan fingerprint density at radius 1 is 1.06 bits per heavy atom. The van der Waals surface area contributed by atoms with Gasteiger partial charge < -0.3 is 19.0 Å². The molecular weight excluding hydrogens is 458 g/mol. The lowest BCUT2D eigenvalue weighted by Gasteiger charge is -2.34. The van der Waals surface area contributed by atoms with E-state index in [1.807, 2.05) is 42.5 Å². The molecule has 5 rings (SSSR count). The van der Waals surface area contributed by atoms with E-state index in [0.717, 1.165) is 34.4 Å². The summed E-state index contributed by atoms with van der Waals surface area (Å²) in [4.78, 5) is 46.0. The molecule has 3 aromatic rings. The van der Waals surface area contributed by atoms with Crippen LogP contribution in [-0.2, 0) is 20.7 Å². The molecule has 1 atom stereocenters. The van der Waals surface area contributed by atoms with E-state index < -0.39 is 5.97 Å². The van der Waals surface area contributed by atoms with Gasteiger partial charge >= 0.3 is 5.97 Å². The first-order valence-electron chi connectivity index (χ1n) is 12.3. The van der Waals surface area contributed by atoms with Crippen LogP contribution in [0.4, 0.5) is 0 Å². The van der Waals surface area contributed by atoms with E-state index in [1.54, 1.807) is 16.1 Å². The molecule has 1 aromatic carbocycles. The van der Waals surface area contributed by atoms with Crippen molar-refractivity contribution in [3.05, 3.63) is 65.2 Å². The molecule has 3 heterocycles. The minimum atomic E-state index is -0.521. The minimum absolute atomic E-state index is 0.00226. The molecule has 0 bridgehead atoms. The summed E-state index contributed by atoms with van der Waals surface area (Å²) < 4.78 is 11.1. The number of fused-ring (bicyclic) bond motifs is 2. The van der Waals surface area contributed by atoms with Crippen LogP contribution in [0.2, 0.25) is 0 Å².